The lowest BCUT2D eigenvalue weighted by molar-refractivity contribution is -0.118. The van der Waals surface area contributed by atoms with Crippen molar-refractivity contribution in [1.29, 1.82) is 0 Å². The van der Waals surface area contributed by atoms with Crippen molar-refractivity contribution in [2.75, 3.05) is 19.6 Å². The smallest absolute Gasteiger partial charge is 0.231 e. The summed E-state index contributed by atoms with van der Waals surface area (Å²) in [4.78, 5) is 12.7. The Balaban J connectivity index is 1.85. The van der Waals surface area contributed by atoms with Crippen molar-refractivity contribution in [3.8, 4) is 5.75 Å². The Kier molecular flexibility index (Phi) is 3.58. The van der Waals surface area contributed by atoms with Crippen molar-refractivity contribution in [3.63, 3.8) is 0 Å². The van der Waals surface area contributed by atoms with E-state index in [2.05, 4.69) is 0 Å². The van der Waals surface area contributed by atoms with E-state index in [4.69, 9.17) is 10.5 Å². The van der Waals surface area contributed by atoms with Crippen molar-refractivity contribution in [1.82, 2.24) is 4.90 Å². The summed E-state index contributed by atoms with van der Waals surface area (Å²) in [6, 6.07) is 5.94. The molecule has 92 valence electrons. The Morgan fingerprint density at radius 1 is 1.47 bits per heavy atom. The van der Waals surface area contributed by atoms with Crippen LogP contribution in [-0.2, 0) is 4.79 Å². The maximum atomic E-state index is 12.7. The summed E-state index contributed by atoms with van der Waals surface area (Å²) in [5.41, 5.74) is 5.12. The molecule has 1 fully saturated rings. The number of likely N-dealkylation sites (tertiary alicyclic amines) is 1. The van der Waals surface area contributed by atoms with Crippen LogP contribution in [0.3, 0.4) is 0 Å². The molecule has 17 heavy (non-hydrogen) atoms. The summed E-state index contributed by atoms with van der Waals surface area (Å²) < 4.78 is 18.4. The normalized spacial score (nSPS) is 20.4. The van der Waals surface area contributed by atoms with Gasteiger partial charge in [0.05, 0.1) is 6.54 Å². The minimum absolute atomic E-state index is 0.0415. The van der Waals surface area contributed by atoms with E-state index in [1.54, 1.807) is 12.1 Å². The minimum Gasteiger partial charge on any atom is -0.489 e. The van der Waals surface area contributed by atoms with E-state index in [1.807, 2.05) is 4.90 Å². The molecule has 1 amide bonds. The zero-order valence-corrected chi connectivity index (χ0v) is 9.43. The fourth-order valence-electron chi connectivity index (χ4n) is 1.96. The van der Waals surface area contributed by atoms with Crippen LogP contribution in [0.1, 0.15) is 6.42 Å². The van der Waals surface area contributed by atoms with Crippen LogP contribution in [0.4, 0.5) is 4.39 Å². The van der Waals surface area contributed by atoms with Gasteiger partial charge in [-0.3, -0.25) is 9.69 Å². The predicted octanol–water partition coefficient (Wildman–Crippen LogP) is 0.764. The summed E-state index contributed by atoms with van der Waals surface area (Å²) in [5.74, 6) is 0.0453. The van der Waals surface area contributed by atoms with E-state index in [0.717, 1.165) is 13.0 Å². The van der Waals surface area contributed by atoms with Gasteiger partial charge in [0.15, 0.2) is 0 Å². The van der Waals surface area contributed by atoms with Crippen LogP contribution in [0.5, 0.6) is 5.75 Å². The molecular formula is C12H15FN2O2. The largest absolute Gasteiger partial charge is 0.489 e. The molecule has 2 rings (SSSR count). The Morgan fingerprint density at radius 3 is 2.82 bits per heavy atom. The van der Waals surface area contributed by atoms with E-state index in [9.17, 15) is 9.18 Å². The number of hydrogen-bond donors (Lipinski definition) is 1. The van der Waals surface area contributed by atoms with Gasteiger partial charge in [-0.15, -0.1) is 0 Å². The monoisotopic (exact) mass is 238 g/mol. The molecule has 1 aliphatic rings. The molecule has 5 heteroatoms. The number of halogens is 1. The van der Waals surface area contributed by atoms with Crippen LogP contribution in [0.25, 0.3) is 0 Å². The second kappa shape index (κ2) is 5.14. The zero-order chi connectivity index (χ0) is 12.3. The van der Waals surface area contributed by atoms with Crippen molar-refractivity contribution < 1.29 is 13.9 Å². The number of benzene rings is 1. The van der Waals surface area contributed by atoms with E-state index in [0.29, 0.717) is 12.3 Å². The van der Waals surface area contributed by atoms with E-state index < -0.39 is 0 Å². The molecule has 0 radical (unpaired) electrons. The van der Waals surface area contributed by atoms with Gasteiger partial charge in [-0.25, -0.2) is 4.39 Å². The molecule has 0 spiro atoms. The van der Waals surface area contributed by atoms with Crippen LogP contribution in [0, 0.1) is 5.82 Å². The third-order valence-electron chi connectivity index (χ3n) is 2.72. The van der Waals surface area contributed by atoms with Gasteiger partial charge >= 0.3 is 0 Å². The topological polar surface area (TPSA) is 55.6 Å². The molecule has 1 heterocycles. The molecule has 1 atom stereocenters. The molecule has 1 unspecified atom stereocenters. The lowest BCUT2D eigenvalue weighted by Gasteiger charge is -2.15. The fraction of sp³-hybridized carbons (Fsp3) is 0.417. The number of hydrogen-bond acceptors (Lipinski definition) is 3. The number of primary amides is 1. The Bertz CT molecular complexity index is 394. The highest BCUT2D eigenvalue weighted by atomic mass is 19.1. The maximum Gasteiger partial charge on any atom is 0.231 e. The molecule has 4 nitrogen and oxygen atoms in total. The Labute approximate surface area is 99.2 Å². The van der Waals surface area contributed by atoms with Gasteiger partial charge in [0.25, 0.3) is 0 Å². The van der Waals surface area contributed by atoms with Crippen molar-refractivity contribution in [2.24, 2.45) is 5.73 Å². The first-order chi connectivity index (χ1) is 8.13. The van der Waals surface area contributed by atoms with Crippen LogP contribution >= 0.6 is 0 Å². The van der Waals surface area contributed by atoms with Gasteiger partial charge in [-0.2, -0.15) is 0 Å². The lowest BCUT2D eigenvalue weighted by Crippen LogP contribution is -2.33. The first-order valence-electron chi connectivity index (χ1n) is 5.56. The highest BCUT2D eigenvalue weighted by Gasteiger charge is 2.24. The summed E-state index contributed by atoms with van der Waals surface area (Å²) in [6.07, 6.45) is 0.893. The number of carbonyl (C=O) groups excluding carboxylic acids is 1. The molecule has 1 aliphatic heterocycles. The maximum absolute atomic E-state index is 12.7. The van der Waals surface area contributed by atoms with Crippen molar-refractivity contribution in [2.45, 2.75) is 12.5 Å². The van der Waals surface area contributed by atoms with E-state index in [-0.39, 0.29) is 24.4 Å². The average molecular weight is 238 g/mol. The number of carbonyl (C=O) groups is 1. The van der Waals surface area contributed by atoms with Gasteiger partial charge in [0.2, 0.25) is 5.91 Å². The third kappa shape index (κ3) is 3.42. The molecular weight excluding hydrogens is 223 g/mol. The van der Waals surface area contributed by atoms with Crippen molar-refractivity contribution in [3.05, 3.63) is 30.1 Å². The summed E-state index contributed by atoms with van der Waals surface area (Å²) in [7, 11) is 0. The van der Waals surface area contributed by atoms with E-state index in [1.165, 1.54) is 12.1 Å². The number of ether oxygens (including phenoxy) is 1. The highest BCUT2D eigenvalue weighted by Crippen LogP contribution is 2.18. The summed E-state index contributed by atoms with van der Waals surface area (Å²) in [5, 5.41) is 0. The predicted molar refractivity (Wildman–Crippen MR) is 61.1 cm³/mol. The zero-order valence-electron chi connectivity index (χ0n) is 9.43. The number of rotatable bonds is 4. The van der Waals surface area contributed by atoms with E-state index >= 15 is 0 Å². The molecule has 2 N–H and O–H groups in total. The van der Waals surface area contributed by atoms with Gasteiger partial charge in [0, 0.05) is 13.1 Å². The fourth-order valence-corrected chi connectivity index (χ4v) is 1.96. The number of amides is 1. The van der Waals surface area contributed by atoms with Crippen LogP contribution in [0.15, 0.2) is 24.3 Å². The van der Waals surface area contributed by atoms with Gasteiger partial charge in [0.1, 0.15) is 17.7 Å². The first-order valence-corrected chi connectivity index (χ1v) is 5.56. The third-order valence-corrected chi connectivity index (χ3v) is 2.72. The van der Waals surface area contributed by atoms with Crippen LogP contribution in [-0.4, -0.2) is 36.5 Å². The highest BCUT2D eigenvalue weighted by molar-refractivity contribution is 5.75. The summed E-state index contributed by atoms with van der Waals surface area (Å²) in [6.45, 7) is 1.75. The molecule has 0 aliphatic carbocycles. The van der Waals surface area contributed by atoms with Crippen LogP contribution < -0.4 is 10.5 Å². The second-order valence-electron chi connectivity index (χ2n) is 4.18. The quantitative estimate of drug-likeness (QED) is 0.842. The molecule has 1 aromatic rings. The minimum atomic E-state index is -0.326. The summed E-state index contributed by atoms with van der Waals surface area (Å²) >= 11 is 0. The molecule has 0 saturated carbocycles. The number of nitrogens with two attached hydrogens (primary N) is 1. The van der Waals surface area contributed by atoms with Gasteiger partial charge < -0.3 is 10.5 Å². The van der Waals surface area contributed by atoms with Crippen LogP contribution in [0.2, 0.25) is 0 Å². The molecule has 1 aromatic carbocycles. The molecule has 1 saturated heterocycles. The Hall–Kier alpha value is -1.62. The average Bonchev–Trinajstić information content (AvgIpc) is 2.68. The van der Waals surface area contributed by atoms with Crippen molar-refractivity contribution >= 4 is 5.91 Å². The standard InChI is InChI=1S/C12H15FN2O2/c13-9-1-3-10(4-2-9)17-11-5-6-15(7-11)8-12(14)16/h1-4,11H,5-8H2,(H2,14,16). The lowest BCUT2D eigenvalue weighted by atomic mass is 10.3. The Morgan fingerprint density at radius 2 is 2.18 bits per heavy atom. The second-order valence-corrected chi connectivity index (χ2v) is 4.18. The first kappa shape index (κ1) is 11.9. The van der Waals surface area contributed by atoms with Gasteiger partial charge in [-0.05, 0) is 30.7 Å². The SMILES string of the molecule is NC(=O)CN1CCC(Oc2ccc(F)cc2)C1. The molecule has 0 bridgehead atoms. The molecule has 0 aromatic heterocycles. The van der Waals surface area contributed by atoms with Gasteiger partial charge in [-0.1, -0.05) is 0 Å². The number of nitrogens with zero attached hydrogens (tertiary/aromatic N) is 1.